The van der Waals surface area contributed by atoms with Crippen molar-refractivity contribution in [3.8, 4) is 0 Å². The number of hydrogen-bond acceptors (Lipinski definition) is 3. The Bertz CT molecular complexity index is 439. The second-order valence-corrected chi connectivity index (χ2v) is 5.23. The molecule has 4 nitrogen and oxygen atoms in total. The summed E-state index contributed by atoms with van der Waals surface area (Å²) in [6.45, 7) is 2.24. The molecular weight excluding hydrogens is 264 g/mol. The zero-order chi connectivity index (χ0) is 13.7. The first-order valence-electron chi connectivity index (χ1n) is 6.57. The van der Waals surface area contributed by atoms with E-state index in [4.69, 9.17) is 11.6 Å². The minimum atomic E-state index is -0.537. The van der Waals surface area contributed by atoms with Gasteiger partial charge in [0.15, 0.2) is 0 Å². The van der Waals surface area contributed by atoms with Gasteiger partial charge in [0.25, 0.3) is 0 Å². The molecular formula is C14H19ClN2O2. The van der Waals surface area contributed by atoms with Gasteiger partial charge in [0, 0.05) is 37.6 Å². The van der Waals surface area contributed by atoms with E-state index in [1.807, 2.05) is 24.3 Å². The molecule has 0 aromatic heterocycles. The average molecular weight is 283 g/mol. The van der Waals surface area contributed by atoms with Crippen molar-refractivity contribution in [1.29, 1.82) is 0 Å². The molecule has 1 amide bonds. The number of halogens is 1. The summed E-state index contributed by atoms with van der Waals surface area (Å²) in [6, 6.07) is 7.62. The summed E-state index contributed by atoms with van der Waals surface area (Å²) < 4.78 is 0. The lowest BCUT2D eigenvalue weighted by atomic mass is 10.2. The molecule has 1 saturated heterocycles. The number of nitrogens with one attached hydrogen (secondary N) is 1. The third-order valence-electron chi connectivity index (χ3n) is 3.26. The number of benzene rings is 1. The van der Waals surface area contributed by atoms with Gasteiger partial charge in [-0.15, -0.1) is 0 Å². The monoisotopic (exact) mass is 282 g/mol. The lowest BCUT2D eigenvalue weighted by Gasteiger charge is -2.20. The standard InChI is InChI=1S/C14H19ClN2O2/c15-13-5-2-1-4-11(13)8-16-9-12(18)10-17-7-3-6-14(17)19/h1-2,4-5,12,16,18H,3,6-10H2/t12-/m1/s1. The second kappa shape index (κ2) is 6.89. The van der Waals surface area contributed by atoms with Crippen LogP contribution in [0.5, 0.6) is 0 Å². The quantitative estimate of drug-likeness (QED) is 0.830. The van der Waals surface area contributed by atoms with Gasteiger partial charge in [-0.2, -0.15) is 0 Å². The third kappa shape index (κ3) is 4.20. The van der Waals surface area contributed by atoms with Crippen LogP contribution < -0.4 is 5.32 Å². The summed E-state index contributed by atoms with van der Waals surface area (Å²) in [5, 5.41) is 13.8. The summed E-state index contributed by atoms with van der Waals surface area (Å²) in [4.78, 5) is 13.2. The van der Waals surface area contributed by atoms with E-state index >= 15 is 0 Å². The van der Waals surface area contributed by atoms with E-state index in [-0.39, 0.29) is 5.91 Å². The SMILES string of the molecule is O=C1CCCN1C[C@H](O)CNCc1ccccc1Cl. The summed E-state index contributed by atoms with van der Waals surface area (Å²) in [5.74, 6) is 0.144. The van der Waals surface area contributed by atoms with Gasteiger partial charge in [-0.3, -0.25) is 4.79 Å². The second-order valence-electron chi connectivity index (χ2n) is 4.82. The molecule has 104 valence electrons. The van der Waals surface area contributed by atoms with Crippen molar-refractivity contribution >= 4 is 17.5 Å². The van der Waals surface area contributed by atoms with Crippen molar-refractivity contribution in [3.05, 3.63) is 34.9 Å². The lowest BCUT2D eigenvalue weighted by Crippen LogP contribution is -2.38. The summed E-state index contributed by atoms with van der Waals surface area (Å²) in [5.41, 5.74) is 1.01. The molecule has 0 saturated carbocycles. The maximum absolute atomic E-state index is 11.4. The Morgan fingerprint density at radius 1 is 1.42 bits per heavy atom. The first kappa shape index (κ1) is 14.3. The highest BCUT2D eigenvalue weighted by molar-refractivity contribution is 6.31. The topological polar surface area (TPSA) is 52.6 Å². The van der Waals surface area contributed by atoms with Gasteiger partial charge in [0.2, 0.25) is 5.91 Å². The van der Waals surface area contributed by atoms with Crippen LogP contribution in [0.2, 0.25) is 5.02 Å². The Morgan fingerprint density at radius 2 is 2.21 bits per heavy atom. The molecule has 2 N–H and O–H groups in total. The first-order valence-corrected chi connectivity index (χ1v) is 6.94. The van der Waals surface area contributed by atoms with Crippen LogP contribution in [-0.2, 0) is 11.3 Å². The third-order valence-corrected chi connectivity index (χ3v) is 3.62. The molecule has 1 aliphatic rings. The number of likely N-dealkylation sites (tertiary alicyclic amines) is 1. The number of aliphatic hydroxyl groups excluding tert-OH is 1. The highest BCUT2D eigenvalue weighted by Crippen LogP contribution is 2.14. The largest absolute Gasteiger partial charge is 0.390 e. The molecule has 0 aliphatic carbocycles. The van der Waals surface area contributed by atoms with Crippen LogP contribution in [-0.4, -0.2) is 41.7 Å². The van der Waals surface area contributed by atoms with Gasteiger partial charge < -0.3 is 15.3 Å². The van der Waals surface area contributed by atoms with Crippen LogP contribution in [0, 0.1) is 0 Å². The maximum Gasteiger partial charge on any atom is 0.222 e. The van der Waals surface area contributed by atoms with Crippen LogP contribution in [0.25, 0.3) is 0 Å². The molecule has 1 aromatic carbocycles. The predicted octanol–water partition coefficient (Wildman–Crippen LogP) is 1.41. The minimum absolute atomic E-state index is 0.144. The Labute approximate surface area is 118 Å². The van der Waals surface area contributed by atoms with Crippen LogP contribution in [0.4, 0.5) is 0 Å². The molecule has 1 atom stereocenters. The Kier molecular flexibility index (Phi) is 5.19. The summed E-state index contributed by atoms with van der Waals surface area (Å²) in [6.07, 6.45) is 0.975. The van der Waals surface area contributed by atoms with Crippen molar-refractivity contribution in [1.82, 2.24) is 10.2 Å². The van der Waals surface area contributed by atoms with Gasteiger partial charge in [-0.05, 0) is 18.1 Å². The molecule has 1 heterocycles. The van der Waals surface area contributed by atoms with Crippen LogP contribution >= 0.6 is 11.6 Å². The lowest BCUT2D eigenvalue weighted by molar-refractivity contribution is -0.128. The number of hydrogen-bond donors (Lipinski definition) is 2. The van der Waals surface area contributed by atoms with E-state index < -0.39 is 6.10 Å². The fraction of sp³-hybridized carbons (Fsp3) is 0.500. The summed E-state index contributed by atoms with van der Waals surface area (Å²) >= 11 is 6.04. The molecule has 1 fully saturated rings. The van der Waals surface area contributed by atoms with Crippen LogP contribution in [0.3, 0.4) is 0 Å². The van der Waals surface area contributed by atoms with Gasteiger partial charge in [0.05, 0.1) is 6.10 Å². The molecule has 1 aromatic rings. The number of β-amino-alcohol motifs (C(OH)–C–C–N with tert-alkyl or cyclic N) is 1. The highest BCUT2D eigenvalue weighted by atomic mass is 35.5. The molecule has 5 heteroatoms. The van der Waals surface area contributed by atoms with Gasteiger partial charge in [-0.1, -0.05) is 29.8 Å². The molecule has 19 heavy (non-hydrogen) atoms. The highest BCUT2D eigenvalue weighted by Gasteiger charge is 2.22. The Hall–Kier alpha value is -1.10. The molecule has 0 radical (unpaired) electrons. The van der Waals surface area contributed by atoms with Crippen molar-refractivity contribution in [2.75, 3.05) is 19.6 Å². The molecule has 0 bridgehead atoms. The van der Waals surface area contributed by atoms with E-state index in [9.17, 15) is 9.90 Å². The number of carbonyl (C=O) groups excluding carboxylic acids is 1. The van der Waals surface area contributed by atoms with E-state index in [0.717, 1.165) is 23.6 Å². The first-order chi connectivity index (χ1) is 9.16. The van der Waals surface area contributed by atoms with E-state index in [2.05, 4.69) is 5.32 Å². The van der Waals surface area contributed by atoms with E-state index in [0.29, 0.717) is 26.1 Å². The van der Waals surface area contributed by atoms with Crippen molar-refractivity contribution in [3.63, 3.8) is 0 Å². The molecule has 1 aliphatic heterocycles. The maximum atomic E-state index is 11.4. The van der Waals surface area contributed by atoms with E-state index in [1.54, 1.807) is 4.90 Å². The number of rotatable bonds is 6. The number of amides is 1. The average Bonchev–Trinajstić information content (AvgIpc) is 2.77. The van der Waals surface area contributed by atoms with E-state index in [1.165, 1.54) is 0 Å². The van der Waals surface area contributed by atoms with Gasteiger partial charge >= 0.3 is 0 Å². The Balaban J connectivity index is 1.70. The number of aliphatic hydroxyl groups is 1. The van der Waals surface area contributed by atoms with Crippen LogP contribution in [0.1, 0.15) is 18.4 Å². The summed E-state index contributed by atoms with van der Waals surface area (Å²) in [7, 11) is 0. The van der Waals surface area contributed by atoms with Gasteiger partial charge in [-0.25, -0.2) is 0 Å². The molecule has 0 unspecified atom stereocenters. The van der Waals surface area contributed by atoms with Gasteiger partial charge in [0.1, 0.15) is 0 Å². The fourth-order valence-electron chi connectivity index (χ4n) is 2.23. The van der Waals surface area contributed by atoms with Crippen molar-refractivity contribution in [2.45, 2.75) is 25.5 Å². The molecule has 0 spiro atoms. The smallest absolute Gasteiger partial charge is 0.222 e. The van der Waals surface area contributed by atoms with Crippen LogP contribution in [0.15, 0.2) is 24.3 Å². The zero-order valence-corrected chi connectivity index (χ0v) is 11.6. The number of carbonyl (C=O) groups is 1. The normalized spacial score (nSPS) is 16.9. The number of nitrogens with zero attached hydrogens (tertiary/aromatic N) is 1. The predicted molar refractivity (Wildman–Crippen MR) is 75.0 cm³/mol. The Morgan fingerprint density at radius 3 is 2.89 bits per heavy atom. The fourth-order valence-corrected chi connectivity index (χ4v) is 2.43. The molecule has 2 rings (SSSR count). The van der Waals surface area contributed by atoms with Crippen molar-refractivity contribution in [2.24, 2.45) is 0 Å². The van der Waals surface area contributed by atoms with Crippen molar-refractivity contribution < 1.29 is 9.90 Å². The zero-order valence-electron chi connectivity index (χ0n) is 10.8. The minimum Gasteiger partial charge on any atom is -0.390 e.